The molecule has 1 aromatic carbocycles. The number of para-hydroxylation sites is 1. The van der Waals surface area contributed by atoms with Crippen LogP contribution in [0.4, 0.5) is 5.69 Å². The topological polar surface area (TPSA) is 91.0 Å². The van der Waals surface area contributed by atoms with Gasteiger partial charge in [-0.25, -0.2) is 0 Å². The Balaban J connectivity index is 0.00000220. The molecule has 1 aromatic rings. The van der Waals surface area contributed by atoms with E-state index in [1.54, 1.807) is 0 Å². The SMILES string of the molecule is Cl.N=C(N)NCC1CCC(C(=O)Nc2ccccc2)CC1. The summed E-state index contributed by atoms with van der Waals surface area (Å²) in [7, 11) is 0. The van der Waals surface area contributed by atoms with Crippen LogP contribution < -0.4 is 16.4 Å². The molecular weight excluding hydrogens is 288 g/mol. The van der Waals surface area contributed by atoms with Crippen molar-refractivity contribution >= 4 is 30.0 Å². The van der Waals surface area contributed by atoms with Gasteiger partial charge in [-0.15, -0.1) is 12.4 Å². The molecule has 1 aliphatic carbocycles. The zero-order chi connectivity index (χ0) is 14.4. The van der Waals surface area contributed by atoms with Crippen LogP contribution in [0.3, 0.4) is 0 Å². The number of anilines is 1. The summed E-state index contributed by atoms with van der Waals surface area (Å²) in [4.78, 5) is 12.2. The van der Waals surface area contributed by atoms with Gasteiger partial charge in [-0.1, -0.05) is 18.2 Å². The van der Waals surface area contributed by atoms with Crippen molar-refractivity contribution in [2.45, 2.75) is 25.7 Å². The van der Waals surface area contributed by atoms with Gasteiger partial charge in [0.05, 0.1) is 0 Å². The number of nitrogens with two attached hydrogens (primary N) is 1. The molecule has 1 aliphatic rings. The lowest BCUT2D eigenvalue weighted by molar-refractivity contribution is -0.121. The third-order valence-electron chi connectivity index (χ3n) is 3.84. The second kappa shape index (κ2) is 8.52. The lowest BCUT2D eigenvalue weighted by Crippen LogP contribution is -2.36. The Kier molecular flexibility index (Phi) is 7.02. The van der Waals surface area contributed by atoms with E-state index in [0.29, 0.717) is 5.92 Å². The summed E-state index contributed by atoms with van der Waals surface area (Å²) in [5.74, 6) is 0.756. The molecule has 21 heavy (non-hydrogen) atoms. The molecule has 0 aromatic heterocycles. The lowest BCUT2D eigenvalue weighted by atomic mass is 9.81. The average Bonchev–Trinajstić information content (AvgIpc) is 2.46. The van der Waals surface area contributed by atoms with Crippen LogP contribution in [0, 0.1) is 17.2 Å². The Labute approximate surface area is 131 Å². The van der Waals surface area contributed by atoms with E-state index in [2.05, 4.69) is 10.6 Å². The molecule has 0 heterocycles. The first kappa shape index (κ1) is 17.3. The number of benzene rings is 1. The minimum absolute atomic E-state index is 0. The van der Waals surface area contributed by atoms with E-state index in [1.165, 1.54) is 0 Å². The first-order chi connectivity index (χ1) is 9.65. The van der Waals surface area contributed by atoms with E-state index >= 15 is 0 Å². The smallest absolute Gasteiger partial charge is 0.227 e. The molecule has 5 N–H and O–H groups in total. The Morgan fingerprint density at radius 3 is 2.38 bits per heavy atom. The maximum atomic E-state index is 12.2. The minimum Gasteiger partial charge on any atom is -0.370 e. The van der Waals surface area contributed by atoms with Gasteiger partial charge in [0.2, 0.25) is 5.91 Å². The summed E-state index contributed by atoms with van der Waals surface area (Å²) in [5.41, 5.74) is 6.14. The molecule has 0 unspecified atom stereocenters. The van der Waals surface area contributed by atoms with Gasteiger partial charge in [-0.2, -0.15) is 0 Å². The molecule has 0 saturated heterocycles. The van der Waals surface area contributed by atoms with Crippen LogP contribution in [0.25, 0.3) is 0 Å². The zero-order valence-corrected chi connectivity index (χ0v) is 12.8. The first-order valence-electron chi connectivity index (χ1n) is 7.09. The summed E-state index contributed by atoms with van der Waals surface area (Å²) in [5, 5.41) is 13.0. The van der Waals surface area contributed by atoms with Crippen molar-refractivity contribution in [3.8, 4) is 0 Å². The van der Waals surface area contributed by atoms with Crippen LogP contribution >= 0.6 is 12.4 Å². The predicted molar refractivity (Wildman–Crippen MR) is 87.7 cm³/mol. The van der Waals surface area contributed by atoms with Gasteiger partial charge in [0, 0.05) is 18.2 Å². The van der Waals surface area contributed by atoms with Gasteiger partial charge >= 0.3 is 0 Å². The number of carbonyl (C=O) groups excluding carboxylic acids is 1. The molecule has 0 spiro atoms. The second-order valence-electron chi connectivity index (χ2n) is 5.37. The van der Waals surface area contributed by atoms with E-state index in [0.717, 1.165) is 37.9 Å². The Hall–Kier alpha value is -1.75. The minimum atomic E-state index is 0. The molecule has 116 valence electrons. The Bertz CT molecular complexity index is 458. The lowest BCUT2D eigenvalue weighted by Gasteiger charge is -2.27. The molecule has 6 heteroatoms. The van der Waals surface area contributed by atoms with E-state index in [1.807, 2.05) is 30.3 Å². The fourth-order valence-corrected chi connectivity index (χ4v) is 2.65. The zero-order valence-electron chi connectivity index (χ0n) is 12.0. The van der Waals surface area contributed by atoms with Crippen molar-refractivity contribution in [1.29, 1.82) is 5.41 Å². The number of hydrogen-bond acceptors (Lipinski definition) is 2. The number of rotatable bonds is 4. The van der Waals surface area contributed by atoms with Crippen molar-refractivity contribution < 1.29 is 4.79 Å². The molecule has 1 saturated carbocycles. The van der Waals surface area contributed by atoms with Crippen LogP contribution in [0.5, 0.6) is 0 Å². The van der Waals surface area contributed by atoms with E-state index < -0.39 is 0 Å². The van der Waals surface area contributed by atoms with Crippen LogP contribution in [0.2, 0.25) is 0 Å². The molecule has 1 amide bonds. The highest BCUT2D eigenvalue weighted by molar-refractivity contribution is 5.92. The van der Waals surface area contributed by atoms with Crippen LogP contribution in [0.1, 0.15) is 25.7 Å². The van der Waals surface area contributed by atoms with Gasteiger partial charge in [-0.05, 0) is 43.7 Å². The monoisotopic (exact) mass is 310 g/mol. The third kappa shape index (κ3) is 5.63. The fraction of sp³-hybridized carbons (Fsp3) is 0.467. The van der Waals surface area contributed by atoms with Gasteiger partial charge in [0.15, 0.2) is 5.96 Å². The van der Waals surface area contributed by atoms with Gasteiger partial charge < -0.3 is 16.4 Å². The summed E-state index contributed by atoms with van der Waals surface area (Å²) in [6, 6.07) is 9.57. The number of hydrogen-bond donors (Lipinski definition) is 4. The largest absolute Gasteiger partial charge is 0.370 e. The molecular formula is C15H23ClN4O. The highest BCUT2D eigenvalue weighted by atomic mass is 35.5. The number of carbonyl (C=O) groups is 1. The van der Waals surface area contributed by atoms with E-state index in [9.17, 15) is 4.79 Å². The van der Waals surface area contributed by atoms with Crippen LogP contribution in [-0.2, 0) is 4.79 Å². The molecule has 0 aliphatic heterocycles. The summed E-state index contributed by atoms with van der Waals surface area (Å²) in [6.45, 7) is 0.738. The van der Waals surface area contributed by atoms with Gasteiger partial charge in [0.1, 0.15) is 0 Å². The average molecular weight is 311 g/mol. The maximum absolute atomic E-state index is 12.2. The summed E-state index contributed by atoms with van der Waals surface area (Å²) < 4.78 is 0. The highest BCUT2D eigenvalue weighted by Crippen LogP contribution is 2.29. The maximum Gasteiger partial charge on any atom is 0.227 e. The standard InChI is InChI=1S/C15H22N4O.ClH/c16-15(17)18-10-11-6-8-12(9-7-11)14(20)19-13-4-2-1-3-5-13;/h1-5,11-12H,6-10H2,(H,19,20)(H4,16,17,18);1H. The van der Waals surface area contributed by atoms with Gasteiger partial charge in [-0.3, -0.25) is 10.2 Å². The number of halogens is 1. The fourth-order valence-electron chi connectivity index (χ4n) is 2.65. The highest BCUT2D eigenvalue weighted by Gasteiger charge is 2.26. The molecule has 5 nitrogen and oxygen atoms in total. The number of guanidine groups is 1. The number of amides is 1. The van der Waals surface area contributed by atoms with E-state index in [-0.39, 0.29) is 30.2 Å². The quantitative estimate of drug-likeness (QED) is 0.508. The van der Waals surface area contributed by atoms with Crippen LogP contribution in [-0.4, -0.2) is 18.4 Å². The molecule has 0 radical (unpaired) electrons. The third-order valence-corrected chi connectivity index (χ3v) is 3.84. The molecule has 2 rings (SSSR count). The summed E-state index contributed by atoms with van der Waals surface area (Å²) in [6.07, 6.45) is 3.83. The second-order valence-corrected chi connectivity index (χ2v) is 5.37. The predicted octanol–water partition coefficient (Wildman–Crippen LogP) is 2.34. The van der Waals surface area contributed by atoms with Gasteiger partial charge in [0.25, 0.3) is 0 Å². The first-order valence-corrected chi connectivity index (χ1v) is 7.09. The Morgan fingerprint density at radius 1 is 1.19 bits per heavy atom. The molecule has 0 atom stereocenters. The normalized spacial score (nSPS) is 21.0. The van der Waals surface area contributed by atoms with Crippen molar-refractivity contribution in [3.05, 3.63) is 30.3 Å². The molecule has 1 fully saturated rings. The number of nitrogens with one attached hydrogen (secondary N) is 3. The van der Waals surface area contributed by atoms with Crippen molar-refractivity contribution in [2.75, 3.05) is 11.9 Å². The van der Waals surface area contributed by atoms with E-state index in [4.69, 9.17) is 11.1 Å². The van der Waals surface area contributed by atoms with Crippen LogP contribution in [0.15, 0.2) is 30.3 Å². The molecule has 0 bridgehead atoms. The van der Waals surface area contributed by atoms with Crippen molar-refractivity contribution in [2.24, 2.45) is 17.6 Å². The van der Waals surface area contributed by atoms with Crippen molar-refractivity contribution in [1.82, 2.24) is 5.32 Å². The Morgan fingerprint density at radius 2 is 1.81 bits per heavy atom. The van der Waals surface area contributed by atoms with Crippen molar-refractivity contribution in [3.63, 3.8) is 0 Å². The summed E-state index contributed by atoms with van der Waals surface area (Å²) >= 11 is 0.